The van der Waals surface area contributed by atoms with Crippen LogP contribution in [0.3, 0.4) is 0 Å². The van der Waals surface area contributed by atoms with Crippen LogP contribution in [-0.2, 0) is 0 Å². The predicted octanol–water partition coefficient (Wildman–Crippen LogP) is 3.09. The second-order valence-electron chi connectivity index (χ2n) is 4.69. The van der Waals surface area contributed by atoms with E-state index in [4.69, 9.17) is 0 Å². The number of pyridine rings is 1. The third kappa shape index (κ3) is 2.51. The SMILES string of the molecule is C=c1/c(=C\C=C(\C)CC)ccc2ccc(C)nc12. The third-order valence-electron chi connectivity index (χ3n) is 3.25. The quantitative estimate of drug-likeness (QED) is 0.782. The molecule has 0 aliphatic rings. The topological polar surface area (TPSA) is 12.9 Å². The van der Waals surface area contributed by atoms with Crippen LogP contribution in [0.15, 0.2) is 35.9 Å². The van der Waals surface area contributed by atoms with E-state index in [1.165, 1.54) is 5.57 Å². The van der Waals surface area contributed by atoms with E-state index >= 15 is 0 Å². The van der Waals surface area contributed by atoms with Gasteiger partial charge in [-0.1, -0.05) is 49.4 Å². The molecule has 0 atom stereocenters. The van der Waals surface area contributed by atoms with E-state index in [0.717, 1.165) is 33.5 Å². The first kappa shape index (κ1) is 12.6. The average molecular weight is 237 g/mol. The molecule has 0 saturated carbocycles. The van der Waals surface area contributed by atoms with Gasteiger partial charge in [0.05, 0.1) is 5.52 Å². The van der Waals surface area contributed by atoms with Crippen LogP contribution in [0.1, 0.15) is 26.0 Å². The first-order valence-corrected chi connectivity index (χ1v) is 6.34. The van der Waals surface area contributed by atoms with Crippen molar-refractivity contribution in [2.45, 2.75) is 27.2 Å². The molecule has 2 rings (SSSR count). The van der Waals surface area contributed by atoms with Crippen molar-refractivity contribution in [2.75, 3.05) is 0 Å². The predicted molar refractivity (Wildman–Crippen MR) is 79.8 cm³/mol. The van der Waals surface area contributed by atoms with Gasteiger partial charge in [0, 0.05) is 16.3 Å². The molecule has 0 saturated heterocycles. The molecule has 0 spiro atoms. The number of allylic oxidation sites excluding steroid dienone is 2. The van der Waals surface area contributed by atoms with Gasteiger partial charge in [0.15, 0.2) is 0 Å². The molecular weight excluding hydrogens is 218 g/mol. The Kier molecular flexibility index (Phi) is 3.61. The lowest BCUT2D eigenvalue weighted by Crippen LogP contribution is -2.24. The van der Waals surface area contributed by atoms with Crippen LogP contribution in [0.25, 0.3) is 23.6 Å². The number of fused-ring (bicyclic) bond motifs is 1. The van der Waals surface area contributed by atoms with E-state index < -0.39 is 0 Å². The zero-order valence-corrected chi connectivity index (χ0v) is 11.3. The van der Waals surface area contributed by atoms with Crippen LogP contribution in [0.2, 0.25) is 0 Å². The summed E-state index contributed by atoms with van der Waals surface area (Å²) in [5, 5.41) is 3.31. The minimum absolute atomic E-state index is 1.01. The monoisotopic (exact) mass is 237 g/mol. The Morgan fingerprint density at radius 1 is 1.28 bits per heavy atom. The minimum Gasteiger partial charge on any atom is -0.253 e. The maximum Gasteiger partial charge on any atom is 0.0777 e. The van der Waals surface area contributed by atoms with Crippen molar-refractivity contribution in [1.82, 2.24) is 4.98 Å². The molecule has 0 aliphatic carbocycles. The molecule has 0 aliphatic heterocycles. The van der Waals surface area contributed by atoms with Gasteiger partial charge in [-0.15, -0.1) is 0 Å². The van der Waals surface area contributed by atoms with Crippen molar-refractivity contribution in [2.24, 2.45) is 0 Å². The van der Waals surface area contributed by atoms with Crippen LogP contribution in [0.5, 0.6) is 0 Å². The van der Waals surface area contributed by atoms with Crippen LogP contribution >= 0.6 is 0 Å². The van der Waals surface area contributed by atoms with Gasteiger partial charge in [0.2, 0.25) is 0 Å². The van der Waals surface area contributed by atoms with Crippen molar-refractivity contribution < 1.29 is 0 Å². The summed E-state index contributed by atoms with van der Waals surface area (Å²) in [6, 6.07) is 8.36. The Balaban J connectivity index is 2.68. The van der Waals surface area contributed by atoms with Crippen LogP contribution in [0, 0.1) is 6.92 Å². The Morgan fingerprint density at radius 2 is 2.00 bits per heavy atom. The molecule has 0 N–H and O–H groups in total. The van der Waals surface area contributed by atoms with Crippen molar-refractivity contribution in [3.63, 3.8) is 0 Å². The van der Waals surface area contributed by atoms with Gasteiger partial charge in [-0.05, 0) is 31.6 Å². The lowest BCUT2D eigenvalue weighted by atomic mass is 10.1. The normalized spacial score (nSPS) is 13.3. The van der Waals surface area contributed by atoms with Gasteiger partial charge >= 0.3 is 0 Å². The molecule has 0 fully saturated rings. The molecule has 0 unspecified atom stereocenters. The van der Waals surface area contributed by atoms with Gasteiger partial charge in [0.1, 0.15) is 0 Å². The fourth-order valence-electron chi connectivity index (χ4n) is 1.87. The molecule has 2 aromatic rings. The lowest BCUT2D eigenvalue weighted by Gasteiger charge is -2.00. The number of benzene rings is 1. The Labute approximate surface area is 108 Å². The zero-order valence-electron chi connectivity index (χ0n) is 11.3. The fourth-order valence-corrected chi connectivity index (χ4v) is 1.87. The van der Waals surface area contributed by atoms with Gasteiger partial charge in [-0.3, -0.25) is 4.98 Å². The Bertz CT molecular complexity index is 708. The third-order valence-corrected chi connectivity index (χ3v) is 3.25. The van der Waals surface area contributed by atoms with Crippen molar-refractivity contribution >= 4 is 23.6 Å². The average Bonchev–Trinajstić information content (AvgIpc) is 2.38. The lowest BCUT2D eigenvalue weighted by molar-refractivity contribution is 1.10. The first-order valence-electron chi connectivity index (χ1n) is 6.34. The second kappa shape index (κ2) is 5.18. The van der Waals surface area contributed by atoms with Crippen molar-refractivity contribution in [3.8, 4) is 0 Å². The molecule has 1 heterocycles. The van der Waals surface area contributed by atoms with E-state index in [9.17, 15) is 0 Å². The van der Waals surface area contributed by atoms with Gasteiger partial charge < -0.3 is 0 Å². The van der Waals surface area contributed by atoms with E-state index in [1.54, 1.807) is 0 Å². The Morgan fingerprint density at radius 3 is 2.72 bits per heavy atom. The van der Waals surface area contributed by atoms with Crippen molar-refractivity contribution in [1.29, 1.82) is 0 Å². The molecule has 0 amide bonds. The molecule has 92 valence electrons. The van der Waals surface area contributed by atoms with Crippen LogP contribution in [0.4, 0.5) is 0 Å². The fraction of sp³-hybridized carbons (Fsp3) is 0.235. The van der Waals surface area contributed by atoms with Gasteiger partial charge in [-0.2, -0.15) is 0 Å². The molecule has 1 heteroatoms. The summed E-state index contributed by atoms with van der Waals surface area (Å²) in [5.74, 6) is 0. The molecular formula is C17H19N. The smallest absolute Gasteiger partial charge is 0.0777 e. The number of hydrogen-bond donors (Lipinski definition) is 0. The number of aryl methyl sites for hydroxylation is 1. The zero-order chi connectivity index (χ0) is 13.1. The molecule has 18 heavy (non-hydrogen) atoms. The standard InChI is InChI=1S/C17H19N/c1-5-12(2)6-8-15-10-11-16-9-7-13(3)18-17(16)14(15)4/h6-11H,4-5H2,1-3H3/b12-6-,15-8-. The molecule has 1 aromatic carbocycles. The molecule has 0 radical (unpaired) electrons. The number of aromatic nitrogens is 1. The summed E-state index contributed by atoms with van der Waals surface area (Å²) in [7, 11) is 0. The highest BCUT2D eigenvalue weighted by Crippen LogP contribution is 2.06. The summed E-state index contributed by atoms with van der Waals surface area (Å²) >= 11 is 0. The number of nitrogens with zero attached hydrogens (tertiary/aromatic N) is 1. The second-order valence-corrected chi connectivity index (χ2v) is 4.69. The maximum absolute atomic E-state index is 4.58. The van der Waals surface area contributed by atoms with Crippen LogP contribution < -0.4 is 10.4 Å². The largest absolute Gasteiger partial charge is 0.253 e. The number of rotatable bonds is 2. The summed E-state index contributed by atoms with van der Waals surface area (Å²) in [4.78, 5) is 4.58. The molecule has 1 nitrogen and oxygen atoms in total. The minimum atomic E-state index is 1.01. The van der Waals surface area contributed by atoms with E-state index in [1.807, 2.05) is 13.0 Å². The first-order chi connectivity index (χ1) is 8.61. The summed E-state index contributed by atoms with van der Waals surface area (Å²) < 4.78 is 0. The van der Waals surface area contributed by atoms with Crippen molar-refractivity contribution in [3.05, 3.63) is 52.0 Å². The maximum atomic E-state index is 4.58. The van der Waals surface area contributed by atoms with Gasteiger partial charge in [0.25, 0.3) is 0 Å². The summed E-state index contributed by atoms with van der Waals surface area (Å²) in [6.07, 6.45) is 5.37. The molecule has 0 bridgehead atoms. The highest BCUT2D eigenvalue weighted by atomic mass is 14.7. The number of hydrogen-bond acceptors (Lipinski definition) is 1. The Hall–Kier alpha value is -1.89. The highest BCUT2D eigenvalue weighted by molar-refractivity contribution is 5.79. The van der Waals surface area contributed by atoms with E-state index in [-0.39, 0.29) is 0 Å². The van der Waals surface area contributed by atoms with Crippen LogP contribution in [-0.4, -0.2) is 4.98 Å². The highest BCUT2D eigenvalue weighted by Gasteiger charge is 1.96. The summed E-state index contributed by atoms with van der Waals surface area (Å²) in [6.45, 7) is 10.5. The van der Waals surface area contributed by atoms with Gasteiger partial charge in [-0.25, -0.2) is 0 Å². The van der Waals surface area contributed by atoms with E-state index in [0.29, 0.717) is 0 Å². The molecule has 1 aromatic heterocycles. The van der Waals surface area contributed by atoms with E-state index in [2.05, 4.69) is 55.8 Å². The summed E-state index contributed by atoms with van der Waals surface area (Å²) in [5.41, 5.74) is 3.41.